The van der Waals surface area contributed by atoms with E-state index < -0.39 is 52.3 Å². The quantitative estimate of drug-likeness (QED) is 0.273. The van der Waals surface area contributed by atoms with Crippen molar-refractivity contribution in [2.75, 3.05) is 27.2 Å². The largest absolute Gasteiger partial charge is 0.508 e. The zero-order chi connectivity index (χ0) is 30.7. The Morgan fingerprint density at radius 1 is 1.14 bits per heavy atom. The van der Waals surface area contributed by atoms with Crippen LogP contribution in [-0.4, -0.2) is 82.4 Å². The van der Waals surface area contributed by atoms with Gasteiger partial charge in [-0.15, -0.1) is 0 Å². The summed E-state index contributed by atoms with van der Waals surface area (Å²) in [5, 5.41) is 36.9. The summed E-state index contributed by atoms with van der Waals surface area (Å²) < 4.78 is 0. The lowest BCUT2D eigenvalue weighted by molar-refractivity contribution is -0.146. The van der Waals surface area contributed by atoms with Gasteiger partial charge in [-0.3, -0.25) is 19.2 Å². The number of hydrogen-bond donors (Lipinski definition) is 6. The molecule has 0 spiro atoms. The molecule has 0 unspecified atom stereocenters. The highest BCUT2D eigenvalue weighted by Gasteiger charge is 2.62. The van der Waals surface area contributed by atoms with Crippen LogP contribution in [0.5, 0.6) is 5.75 Å². The summed E-state index contributed by atoms with van der Waals surface area (Å²) in [4.78, 5) is 54.2. The van der Waals surface area contributed by atoms with Gasteiger partial charge in [-0.1, -0.05) is 18.2 Å². The van der Waals surface area contributed by atoms with E-state index in [1.54, 1.807) is 56.3 Å². The number of phenolic OH excluding ortho intramolecular Hbond substituents is 1. The number of allylic oxidation sites excluding steroid dienone is 1. The molecule has 0 saturated heterocycles. The molecule has 2 aromatic carbocycles. The number of nitrogens with two attached hydrogens (primary N) is 2. The first-order valence-electron chi connectivity index (χ1n) is 13.7. The molecule has 2 amide bonds. The predicted octanol–water partition coefficient (Wildman–Crippen LogP) is 0.981. The fourth-order valence-electron chi connectivity index (χ4n) is 7.02. The Morgan fingerprint density at radius 2 is 1.86 bits per heavy atom. The van der Waals surface area contributed by atoms with E-state index in [0.717, 1.165) is 0 Å². The molecule has 8 N–H and O–H groups in total. The van der Waals surface area contributed by atoms with Crippen molar-refractivity contribution in [3.63, 3.8) is 0 Å². The minimum atomic E-state index is -2.55. The number of phenols is 1. The molecular weight excluding hydrogens is 540 g/mol. The van der Waals surface area contributed by atoms with Crippen molar-refractivity contribution in [3.8, 4) is 16.9 Å². The number of fused-ring (bicyclic) bond motifs is 3. The molecule has 11 heteroatoms. The first kappa shape index (κ1) is 29.2. The van der Waals surface area contributed by atoms with Crippen molar-refractivity contribution in [1.29, 1.82) is 0 Å². The number of hydrogen-bond acceptors (Lipinski definition) is 9. The predicted molar refractivity (Wildman–Crippen MR) is 154 cm³/mol. The zero-order valence-electron chi connectivity index (χ0n) is 23.6. The highest BCUT2D eigenvalue weighted by Crippen LogP contribution is 2.53. The van der Waals surface area contributed by atoms with Crippen LogP contribution in [0.25, 0.3) is 11.1 Å². The summed E-state index contributed by atoms with van der Waals surface area (Å²) >= 11 is 0. The molecule has 3 aliphatic rings. The van der Waals surface area contributed by atoms with Crippen LogP contribution in [-0.2, 0) is 16.0 Å². The lowest BCUT2D eigenvalue weighted by Crippen LogP contribution is -2.63. The third-order valence-electron chi connectivity index (χ3n) is 8.77. The highest BCUT2D eigenvalue weighted by molar-refractivity contribution is 6.25. The van der Waals surface area contributed by atoms with Crippen LogP contribution in [0.15, 0.2) is 58.9 Å². The van der Waals surface area contributed by atoms with Gasteiger partial charge in [0.1, 0.15) is 11.5 Å². The van der Waals surface area contributed by atoms with Crippen LogP contribution in [0.3, 0.4) is 0 Å². The van der Waals surface area contributed by atoms with Gasteiger partial charge in [-0.25, -0.2) is 0 Å². The molecule has 220 valence electrons. The molecule has 0 radical (unpaired) electrons. The lowest BCUT2D eigenvalue weighted by Gasteiger charge is -2.51. The number of likely N-dealkylation sites (N-methyl/N-ethyl adjacent to an activating group) is 1. The van der Waals surface area contributed by atoms with E-state index in [-0.39, 0.29) is 35.6 Å². The fraction of sp³-hybridized carbons (Fsp3) is 0.355. The summed E-state index contributed by atoms with van der Waals surface area (Å²) in [6, 6.07) is 9.25. The summed E-state index contributed by atoms with van der Waals surface area (Å²) in [7, 11) is 3.46. The number of aliphatic hydroxyl groups is 2. The van der Waals surface area contributed by atoms with E-state index in [9.17, 15) is 34.5 Å². The van der Waals surface area contributed by atoms with Crippen LogP contribution in [0.4, 0.5) is 0 Å². The monoisotopic (exact) mass is 574 g/mol. The first-order chi connectivity index (χ1) is 19.8. The van der Waals surface area contributed by atoms with E-state index in [4.69, 9.17) is 11.5 Å². The Kier molecular flexibility index (Phi) is 7.30. The smallest absolute Gasteiger partial charge is 0.252 e. The van der Waals surface area contributed by atoms with Gasteiger partial charge in [-0.2, -0.15) is 0 Å². The normalized spacial score (nSPS) is 25.2. The van der Waals surface area contributed by atoms with Gasteiger partial charge >= 0.3 is 0 Å². The fourth-order valence-corrected chi connectivity index (χ4v) is 7.02. The van der Waals surface area contributed by atoms with Crippen molar-refractivity contribution < 1.29 is 34.5 Å². The molecule has 0 fully saturated rings. The lowest BCUT2D eigenvalue weighted by atomic mass is 9.57. The molecule has 4 atom stereocenters. The molecule has 0 aromatic heterocycles. The number of carbonyl (C=O) groups is 4. The Balaban J connectivity index is 1.66. The first-order valence-corrected chi connectivity index (χ1v) is 13.7. The average molecular weight is 575 g/mol. The molecule has 0 aliphatic heterocycles. The summed E-state index contributed by atoms with van der Waals surface area (Å²) in [5.74, 6) is -5.72. The molecule has 5 rings (SSSR count). The molecule has 0 bridgehead atoms. The Hall–Kier alpha value is -4.32. The maximum Gasteiger partial charge on any atom is 0.252 e. The highest BCUT2D eigenvalue weighted by atomic mass is 16.3. The van der Waals surface area contributed by atoms with Gasteiger partial charge in [0, 0.05) is 36.2 Å². The Labute approximate surface area is 242 Å². The van der Waals surface area contributed by atoms with Crippen LogP contribution >= 0.6 is 0 Å². The molecule has 42 heavy (non-hydrogen) atoms. The number of rotatable bonds is 6. The van der Waals surface area contributed by atoms with Gasteiger partial charge in [0.25, 0.3) is 11.8 Å². The minimum absolute atomic E-state index is 0.0559. The molecule has 0 saturated carbocycles. The number of aromatic hydroxyl groups is 1. The number of primary amides is 1. The van der Waals surface area contributed by atoms with Crippen molar-refractivity contribution in [2.45, 2.75) is 31.4 Å². The van der Waals surface area contributed by atoms with Gasteiger partial charge in [0.15, 0.2) is 11.4 Å². The van der Waals surface area contributed by atoms with Gasteiger partial charge in [0.2, 0.25) is 5.78 Å². The summed E-state index contributed by atoms with van der Waals surface area (Å²) in [5.41, 5.74) is 10.4. The Bertz CT molecular complexity index is 1610. The van der Waals surface area contributed by atoms with E-state index in [1.807, 2.05) is 0 Å². The molecule has 3 aliphatic carbocycles. The molecule has 11 nitrogen and oxygen atoms in total. The third kappa shape index (κ3) is 4.23. The van der Waals surface area contributed by atoms with Crippen molar-refractivity contribution in [1.82, 2.24) is 10.2 Å². The third-order valence-corrected chi connectivity index (χ3v) is 8.77. The summed E-state index contributed by atoms with van der Waals surface area (Å²) in [6.45, 7) is 2.21. The van der Waals surface area contributed by atoms with E-state index in [2.05, 4.69) is 5.32 Å². The number of nitrogens with zero attached hydrogens (tertiary/aromatic N) is 1. The number of carbonyl (C=O) groups excluding carboxylic acids is 4. The topological polar surface area (TPSA) is 196 Å². The van der Waals surface area contributed by atoms with Crippen LogP contribution in [0, 0.1) is 11.8 Å². The van der Waals surface area contributed by atoms with Gasteiger partial charge in [0.05, 0.1) is 11.1 Å². The molecule has 2 aromatic rings. The second-order valence-corrected chi connectivity index (χ2v) is 11.4. The van der Waals surface area contributed by atoms with Crippen molar-refractivity contribution in [2.24, 2.45) is 23.3 Å². The maximum absolute atomic E-state index is 14.0. The minimum Gasteiger partial charge on any atom is -0.508 e. The maximum atomic E-state index is 14.0. The zero-order valence-corrected chi connectivity index (χ0v) is 23.6. The van der Waals surface area contributed by atoms with Crippen LogP contribution in [0.2, 0.25) is 0 Å². The number of benzene rings is 2. The van der Waals surface area contributed by atoms with Gasteiger partial charge < -0.3 is 37.0 Å². The standard InChI is InChI=1S/C31H34N4O7/c1-14-22(29(33)40)27(38)31(42)20(25(14)35(2)3)13-17-12-19-18(7-8-21(36)24(19)26(37)23(17)28(31)39)15-5-4-6-16(11-15)30(41)34-10-9-32/h4-8,11,17,20,25,36,39,42H,9-10,12-13,32H2,1-3H3,(H2,33,40)(H,34,41)/t17-,20-,25+,31+/m0/s1. The van der Waals surface area contributed by atoms with Crippen molar-refractivity contribution >= 4 is 23.4 Å². The number of ketones is 2. The second kappa shape index (κ2) is 10.5. The second-order valence-electron chi connectivity index (χ2n) is 11.4. The number of amides is 2. The number of Topliss-reactive ketones (excluding diaryl/α,β-unsaturated/α-hetero) is 2. The molecule has 0 heterocycles. The Morgan fingerprint density at radius 3 is 2.50 bits per heavy atom. The van der Waals surface area contributed by atoms with E-state index >= 15 is 0 Å². The van der Waals surface area contributed by atoms with E-state index in [1.165, 1.54) is 6.07 Å². The molecular formula is C31H34N4O7. The average Bonchev–Trinajstić information content (AvgIpc) is 2.93. The number of aliphatic hydroxyl groups excluding tert-OH is 1. The van der Waals surface area contributed by atoms with Crippen molar-refractivity contribution in [3.05, 3.63) is 75.6 Å². The van der Waals surface area contributed by atoms with Crippen LogP contribution < -0.4 is 16.8 Å². The van der Waals surface area contributed by atoms with Gasteiger partial charge in [-0.05, 0) is 80.2 Å². The summed E-state index contributed by atoms with van der Waals surface area (Å²) in [6.07, 6.45) is 0.343. The number of nitrogens with one attached hydrogen (secondary N) is 1. The van der Waals surface area contributed by atoms with E-state index in [0.29, 0.717) is 40.9 Å². The SMILES string of the molecule is CC1=C(C(N)=O)C(=O)[C@@]2(O)C(O)=C3C(=O)c4c(O)ccc(-c5cccc(C(=O)NCCN)c5)c4C[C@H]3C[C@H]2[C@@H]1N(C)C. The van der Waals surface area contributed by atoms with Crippen LogP contribution in [0.1, 0.15) is 39.6 Å².